The number of hydrogen-bond acceptors (Lipinski definition) is 4. The van der Waals surface area contributed by atoms with E-state index in [4.69, 9.17) is 11.6 Å². The SMILES string of the molecule is CS(=O)(=O)N(CCC(=O)Nc1cccc(Cl)c1)Cc1cccnc1. The number of nitrogens with one attached hydrogen (secondary N) is 1. The second kappa shape index (κ2) is 8.23. The van der Waals surface area contributed by atoms with Gasteiger partial charge in [0.05, 0.1) is 6.26 Å². The lowest BCUT2D eigenvalue weighted by atomic mass is 10.2. The molecule has 24 heavy (non-hydrogen) atoms. The quantitative estimate of drug-likeness (QED) is 0.815. The van der Waals surface area contributed by atoms with Crippen LogP contribution in [0.5, 0.6) is 0 Å². The first-order valence-corrected chi connectivity index (χ1v) is 9.46. The maximum Gasteiger partial charge on any atom is 0.225 e. The number of sulfonamides is 1. The van der Waals surface area contributed by atoms with Crippen molar-refractivity contribution in [3.63, 3.8) is 0 Å². The minimum Gasteiger partial charge on any atom is -0.326 e. The third kappa shape index (κ3) is 5.92. The number of hydrogen-bond donors (Lipinski definition) is 1. The number of carbonyl (C=O) groups excluding carboxylic acids is 1. The number of carbonyl (C=O) groups is 1. The molecule has 2 aromatic rings. The maximum atomic E-state index is 12.0. The predicted molar refractivity (Wildman–Crippen MR) is 94.2 cm³/mol. The fraction of sp³-hybridized carbons (Fsp3) is 0.250. The fourth-order valence-corrected chi connectivity index (χ4v) is 3.07. The molecule has 8 heteroatoms. The van der Waals surface area contributed by atoms with Crippen LogP contribution < -0.4 is 5.32 Å². The summed E-state index contributed by atoms with van der Waals surface area (Å²) in [6.07, 6.45) is 4.38. The molecule has 6 nitrogen and oxygen atoms in total. The van der Waals surface area contributed by atoms with E-state index in [0.717, 1.165) is 11.8 Å². The van der Waals surface area contributed by atoms with Gasteiger partial charge in [-0.2, -0.15) is 4.31 Å². The van der Waals surface area contributed by atoms with E-state index in [1.54, 1.807) is 48.8 Å². The van der Waals surface area contributed by atoms with Crippen molar-refractivity contribution < 1.29 is 13.2 Å². The van der Waals surface area contributed by atoms with Crippen LogP contribution in [0.2, 0.25) is 5.02 Å². The summed E-state index contributed by atoms with van der Waals surface area (Å²) in [6, 6.07) is 10.3. The molecule has 1 N–H and O–H groups in total. The van der Waals surface area contributed by atoms with Gasteiger partial charge in [-0.1, -0.05) is 23.7 Å². The van der Waals surface area contributed by atoms with E-state index >= 15 is 0 Å². The van der Waals surface area contributed by atoms with Gasteiger partial charge >= 0.3 is 0 Å². The first-order valence-electron chi connectivity index (χ1n) is 7.24. The third-order valence-electron chi connectivity index (χ3n) is 3.25. The number of aromatic nitrogens is 1. The van der Waals surface area contributed by atoms with Crippen LogP contribution in [-0.2, 0) is 21.4 Å². The summed E-state index contributed by atoms with van der Waals surface area (Å²) in [5.41, 5.74) is 1.34. The molecule has 1 aromatic carbocycles. The molecule has 2 rings (SSSR count). The molecule has 0 aliphatic heterocycles. The zero-order valence-corrected chi connectivity index (χ0v) is 14.7. The van der Waals surface area contributed by atoms with Gasteiger partial charge in [0.15, 0.2) is 0 Å². The van der Waals surface area contributed by atoms with Crippen LogP contribution in [0.1, 0.15) is 12.0 Å². The van der Waals surface area contributed by atoms with Crippen LogP contribution in [0.3, 0.4) is 0 Å². The Morgan fingerprint density at radius 3 is 2.71 bits per heavy atom. The Balaban J connectivity index is 1.96. The molecule has 0 bridgehead atoms. The van der Waals surface area contributed by atoms with Crippen LogP contribution in [-0.4, -0.2) is 36.4 Å². The molecular formula is C16H18ClN3O3S. The topological polar surface area (TPSA) is 79.4 Å². The number of pyridine rings is 1. The summed E-state index contributed by atoms with van der Waals surface area (Å²) in [6.45, 7) is 0.261. The van der Waals surface area contributed by atoms with Gasteiger partial charge in [0.25, 0.3) is 0 Å². The molecule has 0 unspecified atom stereocenters. The second-order valence-corrected chi connectivity index (χ2v) is 7.69. The number of amides is 1. The molecule has 128 valence electrons. The zero-order chi connectivity index (χ0) is 17.6. The van der Waals surface area contributed by atoms with Crippen molar-refractivity contribution in [2.24, 2.45) is 0 Å². The van der Waals surface area contributed by atoms with Gasteiger partial charge in [0.1, 0.15) is 0 Å². The highest BCUT2D eigenvalue weighted by Gasteiger charge is 2.18. The smallest absolute Gasteiger partial charge is 0.225 e. The van der Waals surface area contributed by atoms with Gasteiger partial charge in [0, 0.05) is 42.6 Å². The van der Waals surface area contributed by atoms with Crippen molar-refractivity contribution in [1.29, 1.82) is 0 Å². The Labute approximate surface area is 146 Å². The van der Waals surface area contributed by atoms with Crippen LogP contribution >= 0.6 is 11.6 Å². The Morgan fingerprint density at radius 2 is 2.08 bits per heavy atom. The number of nitrogens with zero attached hydrogens (tertiary/aromatic N) is 2. The third-order valence-corrected chi connectivity index (χ3v) is 4.73. The zero-order valence-electron chi connectivity index (χ0n) is 13.1. The first-order chi connectivity index (χ1) is 11.3. The summed E-state index contributed by atoms with van der Waals surface area (Å²) < 4.78 is 25.1. The number of anilines is 1. The molecule has 1 amide bonds. The van der Waals surface area contributed by atoms with E-state index < -0.39 is 10.0 Å². The van der Waals surface area contributed by atoms with E-state index in [-0.39, 0.29) is 25.4 Å². The van der Waals surface area contributed by atoms with Gasteiger partial charge in [-0.15, -0.1) is 0 Å². The van der Waals surface area contributed by atoms with Crippen molar-refractivity contribution in [3.8, 4) is 0 Å². The average molecular weight is 368 g/mol. The summed E-state index contributed by atoms with van der Waals surface area (Å²) in [7, 11) is -3.43. The lowest BCUT2D eigenvalue weighted by molar-refractivity contribution is -0.116. The number of halogens is 1. The Morgan fingerprint density at radius 1 is 1.29 bits per heavy atom. The summed E-state index contributed by atoms with van der Waals surface area (Å²) in [4.78, 5) is 16.0. The molecular weight excluding hydrogens is 350 g/mol. The van der Waals surface area contributed by atoms with Gasteiger partial charge < -0.3 is 5.32 Å². The van der Waals surface area contributed by atoms with Crippen LogP contribution in [0.4, 0.5) is 5.69 Å². The molecule has 0 saturated carbocycles. The summed E-state index contributed by atoms with van der Waals surface area (Å²) >= 11 is 5.86. The van der Waals surface area contributed by atoms with E-state index in [2.05, 4.69) is 10.3 Å². The molecule has 0 aliphatic rings. The van der Waals surface area contributed by atoms with Crippen LogP contribution in [0.15, 0.2) is 48.8 Å². The Kier molecular flexibility index (Phi) is 6.30. The minimum absolute atomic E-state index is 0.0415. The van der Waals surface area contributed by atoms with Gasteiger partial charge in [-0.05, 0) is 29.8 Å². The fourth-order valence-electron chi connectivity index (χ4n) is 2.07. The standard InChI is InChI=1S/C16H18ClN3O3S/c1-24(22,23)20(12-13-4-3-8-18-11-13)9-7-16(21)19-15-6-2-5-14(17)10-15/h2-6,8,10-11H,7,9,12H2,1H3,(H,19,21). The maximum absolute atomic E-state index is 12.0. The van der Waals surface area contributed by atoms with Gasteiger partial charge in [-0.3, -0.25) is 9.78 Å². The van der Waals surface area contributed by atoms with Gasteiger partial charge in [0.2, 0.25) is 15.9 Å². The highest BCUT2D eigenvalue weighted by Crippen LogP contribution is 2.15. The number of rotatable bonds is 7. The monoisotopic (exact) mass is 367 g/mol. The molecule has 0 radical (unpaired) electrons. The van der Waals surface area contributed by atoms with Crippen molar-refractivity contribution in [2.75, 3.05) is 18.1 Å². The molecule has 1 aromatic heterocycles. The molecule has 0 fully saturated rings. The lowest BCUT2D eigenvalue weighted by Gasteiger charge is -2.19. The minimum atomic E-state index is -3.43. The Hall–Kier alpha value is -1.96. The van der Waals surface area contributed by atoms with Crippen molar-refractivity contribution in [1.82, 2.24) is 9.29 Å². The highest BCUT2D eigenvalue weighted by molar-refractivity contribution is 7.88. The normalized spacial score (nSPS) is 11.5. The highest BCUT2D eigenvalue weighted by atomic mass is 35.5. The van der Waals surface area contributed by atoms with Crippen molar-refractivity contribution in [3.05, 3.63) is 59.4 Å². The molecule has 1 heterocycles. The lowest BCUT2D eigenvalue weighted by Crippen LogP contribution is -2.32. The van der Waals surface area contributed by atoms with E-state index in [9.17, 15) is 13.2 Å². The van der Waals surface area contributed by atoms with E-state index in [1.165, 1.54) is 4.31 Å². The molecule has 0 spiro atoms. The first kappa shape index (κ1) is 18.4. The molecule has 0 aliphatic carbocycles. The van der Waals surface area contributed by atoms with Crippen LogP contribution in [0.25, 0.3) is 0 Å². The Bertz CT molecular complexity index is 797. The largest absolute Gasteiger partial charge is 0.326 e. The van der Waals surface area contributed by atoms with Gasteiger partial charge in [-0.25, -0.2) is 8.42 Å². The molecule has 0 saturated heterocycles. The number of benzene rings is 1. The van der Waals surface area contributed by atoms with Crippen LogP contribution in [0, 0.1) is 0 Å². The summed E-state index contributed by atoms with van der Waals surface area (Å²) in [5, 5.41) is 3.21. The average Bonchev–Trinajstić information content (AvgIpc) is 2.51. The van der Waals surface area contributed by atoms with Crippen molar-refractivity contribution in [2.45, 2.75) is 13.0 Å². The summed E-state index contributed by atoms with van der Waals surface area (Å²) in [5.74, 6) is -0.280. The second-order valence-electron chi connectivity index (χ2n) is 5.27. The van der Waals surface area contributed by atoms with E-state index in [0.29, 0.717) is 10.7 Å². The molecule has 0 atom stereocenters. The predicted octanol–water partition coefficient (Wildman–Crippen LogP) is 2.53. The van der Waals surface area contributed by atoms with Crippen molar-refractivity contribution >= 4 is 33.2 Å². The van der Waals surface area contributed by atoms with E-state index in [1.807, 2.05) is 0 Å².